The van der Waals surface area contributed by atoms with E-state index in [9.17, 15) is 0 Å². The van der Waals surface area contributed by atoms with Crippen LogP contribution in [0, 0.1) is 0 Å². The van der Waals surface area contributed by atoms with Gasteiger partial charge in [-0.3, -0.25) is 0 Å². The van der Waals surface area contributed by atoms with Crippen LogP contribution in [0.2, 0.25) is 0 Å². The van der Waals surface area contributed by atoms with Crippen LogP contribution in [0.15, 0.2) is 48.8 Å². The molecule has 5 nitrogen and oxygen atoms in total. The standard InChI is InChI=1S/C23H20N4OS/c1-2-10-17-19(12-3-1)29-23-21(17)22-25-20(26-27(22)14-24-23)13-28-18-11-6-8-15-7-4-5-9-16(15)18/h4-9,11,14H,1-3,10,12-13H2. The predicted octanol–water partition coefficient (Wildman–Crippen LogP) is 5.34. The molecule has 6 rings (SSSR count). The zero-order valence-electron chi connectivity index (χ0n) is 16.0. The van der Waals surface area contributed by atoms with E-state index < -0.39 is 0 Å². The average Bonchev–Trinajstić information content (AvgIpc) is 3.25. The molecule has 1 aliphatic carbocycles. The molecule has 0 bridgehead atoms. The topological polar surface area (TPSA) is 52.3 Å². The summed E-state index contributed by atoms with van der Waals surface area (Å²) in [6, 6.07) is 14.3. The molecule has 2 aromatic carbocycles. The van der Waals surface area contributed by atoms with Crippen LogP contribution in [-0.4, -0.2) is 19.6 Å². The molecule has 0 N–H and O–H groups in total. The van der Waals surface area contributed by atoms with Crippen LogP contribution >= 0.6 is 11.3 Å². The molecule has 0 fully saturated rings. The molecule has 0 spiro atoms. The number of aryl methyl sites for hydroxylation is 2. The number of hydrogen-bond acceptors (Lipinski definition) is 5. The first-order valence-electron chi connectivity index (χ1n) is 10.1. The van der Waals surface area contributed by atoms with E-state index in [4.69, 9.17) is 9.72 Å². The van der Waals surface area contributed by atoms with E-state index in [0.29, 0.717) is 12.4 Å². The number of aromatic nitrogens is 4. The highest BCUT2D eigenvalue weighted by Crippen LogP contribution is 2.36. The molecule has 0 aliphatic heterocycles. The Hall–Kier alpha value is -2.99. The number of benzene rings is 2. The fourth-order valence-corrected chi connectivity index (χ4v) is 5.52. The minimum absolute atomic E-state index is 0.337. The van der Waals surface area contributed by atoms with Crippen molar-refractivity contribution in [3.63, 3.8) is 0 Å². The maximum absolute atomic E-state index is 6.10. The smallest absolute Gasteiger partial charge is 0.189 e. The molecule has 5 aromatic rings. The molecular weight excluding hydrogens is 380 g/mol. The minimum Gasteiger partial charge on any atom is -0.485 e. The highest BCUT2D eigenvalue weighted by Gasteiger charge is 2.20. The Morgan fingerprint density at radius 1 is 1.00 bits per heavy atom. The van der Waals surface area contributed by atoms with E-state index in [1.165, 1.54) is 40.5 Å². The fraction of sp³-hybridized carbons (Fsp3) is 0.261. The SMILES string of the molecule is c1ccc2c(OCc3nc4c5c6c(sc5ncn4n3)CCCCC6)cccc2c1. The monoisotopic (exact) mass is 400 g/mol. The maximum atomic E-state index is 6.10. The Labute approximate surface area is 172 Å². The molecule has 1 aliphatic rings. The van der Waals surface area contributed by atoms with Gasteiger partial charge in [0, 0.05) is 10.3 Å². The van der Waals surface area contributed by atoms with Crippen LogP contribution in [0.25, 0.3) is 26.6 Å². The van der Waals surface area contributed by atoms with Crippen LogP contribution in [0.5, 0.6) is 5.75 Å². The van der Waals surface area contributed by atoms with Crippen molar-refractivity contribution >= 4 is 38.0 Å². The molecule has 0 atom stereocenters. The summed E-state index contributed by atoms with van der Waals surface area (Å²) in [4.78, 5) is 12.1. The molecule has 0 radical (unpaired) electrons. The van der Waals surface area contributed by atoms with Crippen LogP contribution in [0.1, 0.15) is 35.5 Å². The van der Waals surface area contributed by atoms with E-state index >= 15 is 0 Å². The summed E-state index contributed by atoms with van der Waals surface area (Å²) in [5, 5.41) is 8.09. The van der Waals surface area contributed by atoms with Crippen LogP contribution < -0.4 is 4.74 Å². The van der Waals surface area contributed by atoms with Gasteiger partial charge in [0.25, 0.3) is 0 Å². The third-order valence-electron chi connectivity index (χ3n) is 5.69. The molecule has 3 heterocycles. The third-order valence-corrected chi connectivity index (χ3v) is 6.89. The first kappa shape index (κ1) is 16.9. The Morgan fingerprint density at radius 3 is 2.90 bits per heavy atom. The largest absolute Gasteiger partial charge is 0.485 e. The maximum Gasteiger partial charge on any atom is 0.189 e. The summed E-state index contributed by atoms with van der Waals surface area (Å²) in [7, 11) is 0. The molecule has 6 heteroatoms. The summed E-state index contributed by atoms with van der Waals surface area (Å²) < 4.78 is 7.91. The quantitative estimate of drug-likeness (QED) is 0.384. The van der Waals surface area contributed by atoms with Gasteiger partial charge in [-0.1, -0.05) is 42.8 Å². The average molecular weight is 401 g/mol. The van der Waals surface area contributed by atoms with Crippen molar-refractivity contribution in [1.29, 1.82) is 0 Å². The van der Waals surface area contributed by atoms with Crippen molar-refractivity contribution in [3.05, 3.63) is 65.1 Å². The van der Waals surface area contributed by atoms with Gasteiger partial charge < -0.3 is 4.74 Å². The minimum atomic E-state index is 0.337. The van der Waals surface area contributed by atoms with E-state index in [-0.39, 0.29) is 0 Å². The summed E-state index contributed by atoms with van der Waals surface area (Å²) in [6.45, 7) is 0.337. The van der Waals surface area contributed by atoms with Crippen LogP contribution in [0.4, 0.5) is 0 Å². The van der Waals surface area contributed by atoms with Gasteiger partial charge in [0.2, 0.25) is 0 Å². The van der Waals surface area contributed by atoms with Crippen molar-refractivity contribution in [3.8, 4) is 5.75 Å². The lowest BCUT2D eigenvalue weighted by Gasteiger charge is -2.07. The first-order valence-corrected chi connectivity index (χ1v) is 10.9. The van der Waals surface area contributed by atoms with Gasteiger partial charge in [0.05, 0.1) is 5.39 Å². The highest BCUT2D eigenvalue weighted by atomic mass is 32.1. The van der Waals surface area contributed by atoms with E-state index in [1.807, 2.05) is 40.1 Å². The summed E-state index contributed by atoms with van der Waals surface area (Å²) in [5.41, 5.74) is 2.35. The Balaban J connectivity index is 1.38. The molecule has 0 saturated carbocycles. The van der Waals surface area contributed by atoms with Gasteiger partial charge in [0.15, 0.2) is 11.5 Å². The van der Waals surface area contributed by atoms with Gasteiger partial charge in [-0.25, -0.2) is 14.5 Å². The lowest BCUT2D eigenvalue weighted by Crippen LogP contribution is -1.98. The van der Waals surface area contributed by atoms with Gasteiger partial charge in [-0.15, -0.1) is 16.4 Å². The summed E-state index contributed by atoms with van der Waals surface area (Å²) >= 11 is 1.83. The second kappa shape index (κ2) is 6.81. The van der Waals surface area contributed by atoms with E-state index in [1.54, 1.807) is 6.33 Å². The second-order valence-electron chi connectivity index (χ2n) is 7.55. The highest BCUT2D eigenvalue weighted by molar-refractivity contribution is 7.19. The van der Waals surface area contributed by atoms with Gasteiger partial charge in [-0.2, -0.15) is 0 Å². The number of ether oxygens (including phenoxy) is 1. The van der Waals surface area contributed by atoms with E-state index in [0.717, 1.165) is 34.5 Å². The molecule has 29 heavy (non-hydrogen) atoms. The molecule has 0 saturated heterocycles. The molecule has 3 aromatic heterocycles. The normalized spacial score (nSPS) is 14.3. The van der Waals surface area contributed by atoms with Crippen LogP contribution in [-0.2, 0) is 19.4 Å². The molecular formula is C23H20N4OS. The van der Waals surface area contributed by atoms with Crippen molar-refractivity contribution in [2.45, 2.75) is 38.7 Å². The third kappa shape index (κ3) is 2.86. The van der Waals surface area contributed by atoms with Crippen molar-refractivity contribution < 1.29 is 4.74 Å². The number of rotatable bonds is 3. The van der Waals surface area contributed by atoms with Crippen LogP contribution in [0.3, 0.4) is 0 Å². The zero-order valence-corrected chi connectivity index (χ0v) is 16.8. The lowest BCUT2D eigenvalue weighted by molar-refractivity contribution is 0.300. The summed E-state index contributed by atoms with van der Waals surface area (Å²) in [5.74, 6) is 1.54. The van der Waals surface area contributed by atoms with Crippen molar-refractivity contribution in [2.75, 3.05) is 0 Å². The van der Waals surface area contributed by atoms with Gasteiger partial charge in [0.1, 0.15) is 23.5 Å². The fourth-order valence-electron chi connectivity index (χ4n) is 4.30. The van der Waals surface area contributed by atoms with Gasteiger partial charge in [-0.05, 0) is 42.7 Å². The Morgan fingerprint density at radius 2 is 1.90 bits per heavy atom. The van der Waals surface area contributed by atoms with Crippen molar-refractivity contribution in [1.82, 2.24) is 19.6 Å². The number of fused-ring (bicyclic) bond motifs is 6. The Kier molecular flexibility index (Phi) is 3.97. The Bertz CT molecular complexity index is 1350. The van der Waals surface area contributed by atoms with Crippen molar-refractivity contribution in [2.24, 2.45) is 0 Å². The van der Waals surface area contributed by atoms with Gasteiger partial charge >= 0.3 is 0 Å². The molecule has 144 valence electrons. The number of nitrogens with zero attached hydrogens (tertiary/aromatic N) is 4. The predicted molar refractivity (Wildman–Crippen MR) is 116 cm³/mol. The van der Waals surface area contributed by atoms with E-state index in [2.05, 4.69) is 28.3 Å². The molecule has 0 amide bonds. The summed E-state index contributed by atoms with van der Waals surface area (Å²) in [6.07, 6.45) is 7.87. The first-order chi connectivity index (χ1) is 14.4. The lowest BCUT2D eigenvalue weighted by atomic mass is 10.1. The number of hydrogen-bond donors (Lipinski definition) is 0. The second-order valence-corrected chi connectivity index (χ2v) is 8.63. The number of thiophene rings is 1. The zero-order chi connectivity index (χ0) is 19.2. The molecule has 0 unspecified atom stereocenters.